The number of rotatable bonds is 2. The summed E-state index contributed by atoms with van der Waals surface area (Å²) >= 11 is 5.76. The van der Waals surface area contributed by atoms with E-state index < -0.39 is 0 Å². The molecule has 1 heterocycles. The van der Waals surface area contributed by atoms with Gasteiger partial charge < -0.3 is 4.42 Å². The number of benzene rings is 1. The molecule has 0 saturated heterocycles. The van der Waals surface area contributed by atoms with Crippen molar-refractivity contribution in [1.82, 2.24) is 0 Å². The van der Waals surface area contributed by atoms with Crippen LogP contribution in [0.1, 0.15) is 5.76 Å². The third-order valence-corrected chi connectivity index (χ3v) is 2.35. The zero-order valence-corrected chi connectivity index (χ0v) is 9.11. The summed E-state index contributed by atoms with van der Waals surface area (Å²) in [5.74, 6) is 6.29. The van der Waals surface area contributed by atoms with Gasteiger partial charge in [-0.1, -0.05) is 11.6 Å². The van der Waals surface area contributed by atoms with Crippen molar-refractivity contribution < 1.29 is 4.42 Å². The average Bonchev–Trinajstić information content (AvgIpc) is 2.81. The fourth-order valence-electron chi connectivity index (χ4n) is 1.26. The fourth-order valence-corrected chi connectivity index (χ4v) is 1.39. The highest BCUT2D eigenvalue weighted by Crippen LogP contribution is 2.17. The number of hydrogen-bond donors (Lipinski definition) is 2. The van der Waals surface area contributed by atoms with Crippen molar-refractivity contribution in [3.63, 3.8) is 0 Å². The topological polar surface area (TPSA) is 66.2 Å². The number of nitrogens with one attached hydrogen (secondary N) is 1. The molecular formula is C11H10ClN3O. The molecule has 0 atom stereocenters. The first kappa shape index (κ1) is 10.7. The van der Waals surface area contributed by atoms with Gasteiger partial charge in [-0.25, -0.2) is 5.84 Å². The van der Waals surface area contributed by atoms with Gasteiger partial charge in [-0.05, 0) is 36.4 Å². The highest BCUT2D eigenvalue weighted by molar-refractivity contribution is 6.30. The molecule has 0 aliphatic rings. The fraction of sp³-hybridized carbons (Fsp3) is 0. The Morgan fingerprint density at radius 2 is 1.94 bits per heavy atom. The largest absolute Gasteiger partial charge is 0.461 e. The Labute approximate surface area is 97.7 Å². The maximum absolute atomic E-state index is 7.82. The van der Waals surface area contributed by atoms with E-state index in [1.807, 2.05) is 0 Å². The molecule has 0 spiro atoms. The SMILES string of the molecule is N=C(c1ccco1)N(N)c1ccc(Cl)cc1. The summed E-state index contributed by atoms with van der Waals surface area (Å²) in [7, 11) is 0. The number of anilines is 1. The lowest BCUT2D eigenvalue weighted by Gasteiger charge is -2.17. The van der Waals surface area contributed by atoms with Gasteiger partial charge in [-0.15, -0.1) is 0 Å². The number of amidine groups is 1. The third kappa shape index (κ3) is 2.08. The van der Waals surface area contributed by atoms with Crippen molar-refractivity contribution in [2.45, 2.75) is 0 Å². The second-order valence-corrected chi connectivity index (χ2v) is 3.61. The van der Waals surface area contributed by atoms with Crippen molar-refractivity contribution in [2.75, 3.05) is 5.01 Å². The smallest absolute Gasteiger partial charge is 0.183 e. The van der Waals surface area contributed by atoms with Gasteiger partial charge in [0, 0.05) is 5.02 Å². The zero-order valence-electron chi connectivity index (χ0n) is 8.35. The number of nitrogens with two attached hydrogens (primary N) is 1. The van der Waals surface area contributed by atoms with Crippen LogP contribution in [0.5, 0.6) is 0 Å². The van der Waals surface area contributed by atoms with Crippen LogP contribution in [-0.2, 0) is 0 Å². The van der Waals surface area contributed by atoms with Crippen LogP contribution >= 0.6 is 11.6 Å². The second-order valence-electron chi connectivity index (χ2n) is 3.17. The first-order valence-electron chi connectivity index (χ1n) is 4.61. The summed E-state index contributed by atoms with van der Waals surface area (Å²) in [5.41, 5.74) is 0.672. The molecule has 5 heteroatoms. The van der Waals surface area contributed by atoms with E-state index in [2.05, 4.69) is 0 Å². The van der Waals surface area contributed by atoms with Gasteiger partial charge in [-0.3, -0.25) is 10.4 Å². The van der Waals surface area contributed by atoms with E-state index in [1.54, 1.807) is 36.4 Å². The van der Waals surface area contributed by atoms with Crippen LogP contribution in [-0.4, -0.2) is 5.84 Å². The van der Waals surface area contributed by atoms with Crippen LogP contribution in [0, 0.1) is 5.41 Å². The van der Waals surface area contributed by atoms with Gasteiger partial charge >= 0.3 is 0 Å². The molecule has 0 aliphatic carbocycles. The molecule has 0 saturated carbocycles. The van der Waals surface area contributed by atoms with E-state index >= 15 is 0 Å². The molecule has 0 unspecified atom stereocenters. The Balaban J connectivity index is 2.22. The number of furan rings is 1. The predicted octanol–water partition coefficient (Wildman–Crippen LogP) is 2.64. The highest BCUT2D eigenvalue weighted by Gasteiger charge is 2.12. The van der Waals surface area contributed by atoms with E-state index in [-0.39, 0.29) is 5.84 Å². The number of halogens is 1. The lowest BCUT2D eigenvalue weighted by molar-refractivity contribution is 0.555. The minimum atomic E-state index is 0.0901. The Kier molecular flexibility index (Phi) is 2.94. The zero-order chi connectivity index (χ0) is 11.5. The van der Waals surface area contributed by atoms with Gasteiger partial charge in [-0.2, -0.15) is 0 Å². The number of hydrogen-bond acceptors (Lipinski definition) is 3. The summed E-state index contributed by atoms with van der Waals surface area (Å²) in [4.78, 5) is 0. The highest BCUT2D eigenvalue weighted by atomic mass is 35.5. The van der Waals surface area contributed by atoms with Crippen LogP contribution in [0.4, 0.5) is 5.69 Å². The molecule has 0 fully saturated rings. The molecule has 2 aromatic rings. The van der Waals surface area contributed by atoms with Crippen LogP contribution in [0.15, 0.2) is 47.1 Å². The molecule has 0 amide bonds. The summed E-state index contributed by atoms with van der Waals surface area (Å²) in [5, 5.41) is 9.68. The molecular weight excluding hydrogens is 226 g/mol. The molecule has 3 N–H and O–H groups in total. The van der Waals surface area contributed by atoms with E-state index in [4.69, 9.17) is 27.3 Å². The van der Waals surface area contributed by atoms with E-state index in [1.165, 1.54) is 11.3 Å². The molecule has 4 nitrogen and oxygen atoms in total. The van der Waals surface area contributed by atoms with Gasteiger partial charge in [0.05, 0.1) is 12.0 Å². The molecule has 0 radical (unpaired) electrons. The molecule has 82 valence electrons. The minimum Gasteiger partial charge on any atom is -0.461 e. The monoisotopic (exact) mass is 235 g/mol. The van der Waals surface area contributed by atoms with Crippen molar-refractivity contribution in [3.8, 4) is 0 Å². The summed E-state index contributed by atoms with van der Waals surface area (Å²) < 4.78 is 5.09. The van der Waals surface area contributed by atoms with E-state index in [9.17, 15) is 0 Å². The normalized spacial score (nSPS) is 10.1. The Morgan fingerprint density at radius 3 is 2.50 bits per heavy atom. The maximum Gasteiger partial charge on any atom is 0.183 e. The summed E-state index contributed by atoms with van der Waals surface area (Å²) in [6.45, 7) is 0. The van der Waals surface area contributed by atoms with Gasteiger partial charge in [0.1, 0.15) is 0 Å². The molecule has 16 heavy (non-hydrogen) atoms. The van der Waals surface area contributed by atoms with Crippen LogP contribution < -0.4 is 10.9 Å². The molecule has 1 aromatic carbocycles. The Hall–Kier alpha value is -1.78. The van der Waals surface area contributed by atoms with E-state index in [0.717, 1.165) is 0 Å². The maximum atomic E-state index is 7.82. The molecule has 0 bridgehead atoms. The molecule has 2 rings (SSSR count). The van der Waals surface area contributed by atoms with Gasteiger partial charge in [0.15, 0.2) is 11.6 Å². The van der Waals surface area contributed by atoms with Crippen LogP contribution in [0.25, 0.3) is 0 Å². The number of nitrogens with zero attached hydrogens (tertiary/aromatic N) is 1. The summed E-state index contributed by atoms with van der Waals surface area (Å²) in [6, 6.07) is 10.3. The summed E-state index contributed by atoms with van der Waals surface area (Å²) in [6.07, 6.45) is 1.50. The van der Waals surface area contributed by atoms with Crippen LogP contribution in [0.3, 0.4) is 0 Å². The molecule has 0 aliphatic heterocycles. The van der Waals surface area contributed by atoms with Gasteiger partial charge in [0.25, 0.3) is 0 Å². The standard InChI is InChI=1S/C11H10ClN3O/c12-8-3-5-9(6-4-8)15(14)11(13)10-2-1-7-16-10/h1-7,13H,14H2. The lowest BCUT2D eigenvalue weighted by atomic mass is 10.3. The number of hydrazine groups is 1. The van der Waals surface area contributed by atoms with Gasteiger partial charge in [0.2, 0.25) is 0 Å². The van der Waals surface area contributed by atoms with Crippen LogP contribution in [0.2, 0.25) is 5.02 Å². The Morgan fingerprint density at radius 1 is 1.25 bits per heavy atom. The first-order chi connectivity index (χ1) is 7.68. The van der Waals surface area contributed by atoms with Crippen molar-refractivity contribution in [2.24, 2.45) is 5.84 Å². The first-order valence-corrected chi connectivity index (χ1v) is 4.99. The lowest BCUT2D eigenvalue weighted by Crippen LogP contribution is -2.37. The van der Waals surface area contributed by atoms with Crippen molar-refractivity contribution in [3.05, 3.63) is 53.4 Å². The minimum absolute atomic E-state index is 0.0901. The van der Waals surface area contributed by atoms with Crippen molar-refractivity contribution >= 4 is 23.1 Å². The Bertz CT molecular complexity index is 478. The molecule has 1 aromatic heterocycles. The van der Waals surface area contributed by atoms with E-state index in [0.29, 0.717) is 16.5 Å². The predicted molar refractivity (Wildman–Crippen MR) is 63.7 cm³/mol. The average molecular weight is 236 g/mol. The van der Waals surface area contributed by atoms with Crippen molar-refractivity contribution in [1.29, 1.82) is 5.41 Å². The third-order valence-electron chi connectivity index (χ3n) is 2.10. The quantitative estimate of drug-likeness (QED) is 0.364. The second kappa shape index (κ2) is 4.38.